The van der Waals surface area contributed by atoms with Gasteiger partial charge in [-0.15, -0.1) is 0 Å². The topological polar surface area (TPSA) is 38.4 Å². The van der Waals surface area contributed by atoms with Crippen LogP contribution in [0, 0.1) is 6.92 Å². The number of nitrogens with one attached hydrogen (secondary N) is 1. The van der Waals surface area contributed by atoms with Gasteiger partial charge in [0.15, 0.2) is 0 Å². The van der Waals surface area contributed by atoms with Crippen LogP contribution in [0.4, 0.5) is 5.69 Å². The molecule has 4 heteroatoms. The molecule has 0 fully saturated rings. The van der Waals surface area contributed by atoms with Crippen LogP contribution in [0.1, 0.15) is 34.5 Å². The summed E-state index contributed by atoms with van der Waals surface area (Å²) in [6, 6.07) is 28.8. The van der Waals surface area contributed by atoms with Crippen molar-refractivity contribution >= 4 is 17.2 Å². The maximum atomic E-state index is 13.9. The van der Waals surface area contributed by atoms with Gasteiger partial charge in [-0.2, -0.15) is 0 Å². The minimum atomic E-state index is -0.0821. The lowest BCUT2D eigenvalue weighted by Gasteiger charge is -2.10. The zero-order valence-corrected chi connectivity index (χ0v) is 19.3. The second-order valence-corrected chi connectivity index (χ2v) is 9.07. The molecule has 0 atom stereocenters. The molecule has 3 aromatic carbocycles. The number of hydrogen-bond donors (Lipinski definition) is 1. The summed E-state index contributed by atoms with van der Waals surface area (Å²) >= 11 is 0. The predicted octanol–water partition coefficient (Wildman–Crippen LogP) is 6.97. The minimum Gasteiger partial charge on any atom is -0.325 e. The van der Waals surface area contributed by atoms with Gasteiger partial charge in [0.25, 0.3) is 5.91 Å². The molecule has 6 rings (SSSR count). The average Bonchev–Trinajstić information content (AvgIpc) is 3.29. The number of carbonyl (C=O) groups excluding carboxylic acids is 1. The zero-order chi connectivity index (χ0) is 23.1. The second-order valence-electron chi connectivity index (χ2n) is 9.07. The van der Waals surface area contributed by atoms with Crippen LogP contribution in [0.25, 0.3) is 28.0 Å². The molecule has 0 spiro atoms. The number of aryl methyl sites for hydroxylation is 3. The molecule has 0 saturated heterocycles. The van der Waals surface area contributed by atoms with Crippen molar-refractivity contribution in [2.24, 2.45) is 0 Å². The fourth-order valence-corrected chi connectivity index (χ4v) is 5.19. The summed E-state index contributed by atoms with van der Waals surface area (Å²) in [5, 5.41) is 3.16. The van der Waals surface area contributed by atoms with Crippen molar-refractivity contribution in [3.63, 3.8) is 0 Å². The lowest BCUT2D eigenvalue weighted by Crippen LogP contribution is -2.15. The molecule has 168 valence electrons. The number of aromatic nitrogens is 2. The Labute approximate surface area is 199 Å². The van der Waals surface area contributed by atoms with Gasteiger partial charge in [-0.05, 0) is 49.4 Å². The Balaban J connectivity index is 1.60. The molecule has 2 aromatic heterocycles. The van der Waals surface area contributed by atoms with E-state index in [1.54, 1.807) is 0 Å². The third kappa shape index (κ3) is 3.43. The molecule has 0 saturated carbocycles. The third-order valence-corrected chi connectivity index (χ3v) is 6.79. The molecular weight excluding hydrogens is 418 g/mol. The maximum absolute atomic E-state index is 13.9. The van der Waals surface area contributed by atoms with Crippen LogP contribution in [0.3, 0.4) is 0 Å². The van der Waals surface area contributed by atoms with E-state index in [2.05, 4.69) is 56.9 Å². The summed E-state index contributed by atoms with van der Waals surface area (Å²) in [4.78, 5) is 13.9. The molecule has 0 unspecified atom stereocenters. The molecule has 0 aliphatic carbocycles. The van der Waals surface area contributed by atoms with Crippen molar-refractivity contribution in [2.75, 3.05) is 5.32 Å². The van der Waals surface area contributed by atoms with Gasteiger partial charge in [-0.1, -0.05) is 78.4 Å². The van der Waals surface area contributed by atoms with E-state index in [0.29, 0.717) is 5.69 Å². The van der Waals surface area contributed by atoms with Gasteiger partial charge in [0.2, 0.25) is 0 Å². The van der Waals surface area contributed by atoms with Crippen molar-refractivity contribution < 1.29 is 4.79 Å². The van der Waals surface area contributed by atoms with Crippen LogP contribution in [0.15, 0.2) is 91.1 Å². The molecule has 3 heterocycles. The Morgan fingerprint density at radius 3 is 2.21 bits per heavy atom. The highest BCUT2D eigenvalue weighted by atomic mass is 16.1. The molecule has 1 N–H and O–H groups in total. The van der Waals surface area contributed by atoms with E-state index in [-0.39, 0.29) is 5.91 Å². The van der Waals surface area contributed by atoms with Crippen molar-refractivity contribution in [1.82, 2.24) is 8.97 Å². The quantitative estimate of drug-likeness (QED) is 0.319. The van der Waals surface area contributed by atoms with Crippen LogP contribution in [-0.4, -0.2) is 14.9 Å². The van der Waals surface area contributed by atoms with Gasteiger partial charge in [0, 0.05) is 29.6 Å². The number of imidazole rings is 1. The first-order valence-electron chi connectivity index (χ1n) is 12.0. The highest BCUT2D eigenvalue weighted by Gasteiger charge is 2.29. The molecule has 1 aliphatic heterocycles. The van der Waals surface area contributed by atoms with E-state index in [0.717, 1.165) is 54.0 Å². The van der Waals surface area contributed by atoms with Crippen LogP contribution >= 0.6 is 0 Å². The van der Waals surface area contributed by atoms with Crippen LogP contribution in [-0.2, 0) is 13.0 Å². The molecule has 0 bridgehead atoms. The van der Waals surface area contributed by atoms with E-state index in [4.69, 9.17) is 0 Å². The smallest absolute Gasteiger partial charge is 0.273 e. The molecule has 1 amide bonds. The molecule has 5 aromatic rings. The van der Waals surface area contributed by atoms with E-state index in [9.17, 15) is 4.79 Å². The predicted molar refractivity (Wildman–Crippen MR) is 138 cm³/mol. The van der Waals surface area contributed by atoms with Crippen molar-refractivity contribution in [3.05, 3.63) is 108 Å². The van der Waals surface area contributed by atoms with Crippen molar-refractivity contribution in [2.45, 2.75) is 32.7 Å². The fourth-order valence-electron chi connectivity index (χ4n) is 5.19. The van der Waals surface area contributed by atoms with Crippen molar-refractivity contribution in [1.29, 1.82) is 0 Å². The van der Waals surface area contributed by atoms with Gasteiger partial charge in [-0.25, -0.2) is 0 Å². The summed E-state index contributed by atoms with van der Waals surface area (Å²) in [6.07, 6.45) is 5.34. The average molecular weight is 446 g/mol. The number of benzene rings is 3. The van der Waals surface area contributed by atoms with E-state index >= 15 is 0 Å². The second kappa shape index (κ2) is 8.38. The van der Waals surface area contributed by atoms with Gasteiger partial charge >= 0.3 is 0 Å². The number of anilines is 1. The summed E-state index contributed by atoms with van der Waals surface area (Å²) in [5.74, 6) is -0.0821. The standard InChI is InChI=1S/C30H27N3O/c1-21-15-17-24(18-16-21)31-29(34)28-27(23-12-6-3-7-13-23)25-14-8-9-19-32-26(20-33(28)30(25)32)22-10-4-2-5-11-22/h2-7,10-13,15-18,20H,8-9,14,19H2,1H3,(H,31,34). The molecular formula is C30H27N3O. The summed E-state index contributed by atoms with van der Waals surface area (Å²) in [5.41, 5.74) is 9.55. The normalized spacial score (nSPS) is 13.1. The Morgan fingerprint density at radius 1 is 0.824 bits per heavy atom. The van der Waals surface area contributed by atoms with E-state index in [1.807, 2.05) is 55.5 Å². The summed E-state index contributed by atoms with van der Waals surface area (Å²) in [6.45, 7) is 3.00. The highest BCUT2D eigenvalue weighted by molar-refractivity contribution is 6.10. The Hall–Kier alpha value is -4.05. The van der Waals surface area contributed by atoms with Crippen LogP contribution in [0.2, 0.25) is 0 Å². The first-order valence-corrected chi connectivity index (χ1v) is 12.0. The van der Waals surface area contributed by atoms with Gasteiger partial charge in [0.1, 0.15) is 11.3 Å². The van der Waals surface area contributed by atoms with Gasteiger partial charge < -0.3 is 9.88 Å². The van der Waals surface area contributed by atoms with E-state index < -0.39 is 0 Å². The first-order chi connectivity index (χ1) is 16.7. The molecule has 4 nitrogen and oxygen atoms in total. The Morgan fingerprint density at radius 2 is 1.50 bits per heavy atom. The third-order valence-electron chi connectivity index (χ3n) is 6.79. The highest BCUT2D eigenvalue weighted by Crippen LogP contribution is 2.39. The summed E-state index contributed by atoms with van der Waals surface area (Å²) < 4.78 is 4.54. The molecule has 0 radical (unpaired) electrons. The Kier molecular flexibility index (Phi) is 5.06. The lowest BCUT2D eigenvalue weighted by atomic mass is 9.98. The minimum absolute atomic E-state index is 0.0821. The van der Waals surface area contributed by atoms with Gasteiger partial charge in [-0.3, -0.25) is 9.20 Å². The molecule has 34 heavy (non-hydrogen) atoms. The number of rotatable bonds is 4. The molecule has 1 aliphatic rings. The number of carbonyl (C=O) groups is 1. The SMILES string of the molecule is Cc1ccc(NC(=O)c2c(-c3ccccc3)c3c4n(c(-c5ccccc5)cn24)CCCC3)cc1. The summed E-state index contributed by atoms with van der Waals surface area (Å²) in [7, 11) is 0. The largest absolute Gasteiger partial charge is 0.325 e. The Bertz CT molecular complexity index is 1480. The zero-order valence-electron chi connectivity index (χ0n) is 19.3. The monoisotopic (exact) mass is 445 g/mol. The van der Waals surface area contributed by atoms with E-state index in [1.165, 1.54) is 16.7 Å². The number of hydrogen-bond acceptors (Lipinski definition) is 1. The lowest BCUT2D eigenvalue weighted by molar-refractivity contribution is 0.102. The first kappa shape index (κ1) is 20.5. The fraction of sp³-hybridized carbons (Fsp3) is 0.167. The van der Waals surface area contributed by atoms with Gasteiger partial charge in [0.05, 0.1) is 5.69 Å². The van der Waals surface area contributed by atoms with Crippen LogP contribution < -0.4 is 5.32 Å². The number of amides is 1. The maximum Gasteiger partial charge on any atom is 0.273 e. The van der Waals surface area contributed by atoms with Crippen molar-refractivity contribution in [3.8, 4) is 22.4 Å². The number of nitrogens with zero attached hydrogens (tertiary/aromatic N) is 2. The van der Waals surface area contributed by atoms with Crippen LogP contribution in [0.5, 0.6) is 0 Å².